The predicted molar refractivity (Wildman–Crippen MR) is 81.7 cm³/mol. The van der Waals surface area contributed by atoms with E-state index < -0.39 is 5.41 Å². The number of esters is 1. The molecule has 0 bridgehead atoms. The fraction of sp³-hybridized carbons (Fsp3) is 0.294. The first-order valence-corrected chi connectivity index (χ1v) is 7.05. The summed E-state index contributed by atoms with van der Waals surface area (Å²) in [6.45, 7) is 2.30. The molecule has 4 nitrogen and oxygen atoms in total. The summed E-state index contributed by atoms with van der Waals surface area (Å²) in [7, 11) is 0. The van der Waals surface area contributed by atoms with E-state index in [2.05, 4.69) is 4.98 Å². The molecule has 0 amide bonds. The van der Waals surface area contributed by atoms with Crippen molar-refractivity contribution in [3.05, 3.63) is 66.0 Å². The first-order chi connectivity index (χ1) is 10.2. The summed E-state index contributed by atoms with van der Waals surface area (Å²) in [6.07, 6.45) is 2.14. The lowest BCUT2D eigenvalue weighted by molar-refractivity contribution is -0.149. The molecule has 0 aliphatic heterocycles. The highest BCUT2D eigenvalue weighted by Crippen LogP contribution is 2.29. The fourth-order valence-corrected chi connectivity index (χ4v) is 2.40. The Morgan fingerprint density at radius 2 is 1.90 bits per heavy atom. The molecule has 0 aliphatic carbocycles. The smallest absolute Gasteiger partial charge is 0.318 e. The number of hydrogen-bond acceptors (Lipinski definition) is 4. The number of carbonyl (C=O) groups is 1. The first-order valence-electron chi connectivity index (χ1n) is 7.05. The molecule has 1 heterocycles. The molecule has 110 valence electrons. The van der Waals surface area contributed by atoms with Crippen LogP contribution in [0.1, 0.15) is 18.2 Å². The van der Waals surface area contributed by atoms with Crippen LogP contribution in [0.15, 0.2) is 54.7 Å². The summed E-state index contributed by atoms with van der Waals surface area (Å²) in [4.78, 5) is 16.9. The lowest BCUT2D eigenvalue weighted by atomic mass is 9.76. The maximum absolute atomic E-state index is 12.6. The number of ether oxygens (including phenoxy) is 1. The van der Waals surface area contributed by atoms with Gasteiger partial charge in [-0.3, -0.25) is 9.78 Å². The van der Waals surface area contributed by atoms with Gasteiger partial charge in [-0.15, -0.1) is 0 Å². The molecule has 21 heavy (non-hydrogen) atoms. The zero-order chi connectivity index (χ0) is 15.1. The highest BCUT2D eigenvalue weighted by Gasteiger charge is 2.41. The molecule has 2 N–H and O–H groups in total. The molecule has 0 radical (unpaired) electrons. The third kappa shape index (κ3) is 3.28. The van der Waals surface area contributed by atoms with E-state index in [1.165, 1.54) is 0 Å². The van der Waals surface area contributed by atoms with Crippen molar-refractivity contribution in [1.29, 1.82) is 0 Å². The van der Waals surface area contributed by atoms with Crippen LogP contribution in [0.2, 0.25) is 0 Å². The van der Waals surface area contributed by atoms with Gasteiger partial charge in [0.05, 0.1) is 6.61 Å². The van der Waals surface area contributed by atoms with Crippen LogP contribution in [0, 0.1) is 0 Å². The van der Waals surface area contributed by atoms with Crippen molar-refractivity contribution < 1.29 is 9.53 Å². The van der Waals surface area contributed by atoms with Gasteiger partial charge in [0, 0.05) is 24.9 Å². The van der Waals surface area contributed by atoms with Crippen LogP contribution in [-0.2, 0) is 21.4 Å². The van der Waals surface area contributed by atoms with Crippen LogP contribution in [-0.4, -0.2) is 24.1 Å². The maximum Gasteiger partial charge on any atom is 0.318 e. The number of carbonyl (C=O) groups excluding carboxylic acids is 1. The Bertz CT molecular complexity index is 572. The molecule has 0 fully saturated rings. The summed E-state index contributed by atoms with van der Waals surface area (Å²) in [5.74, 6) is -0.302. The zero-order valence-corrected chi connectivity index (χ0v) is 12.2. The van der Waals surface area contributed by atoms with E-state index in [9.17, 15) is 4.79 Å². The second kappa shape index (κ2) is 6.99. The van der Waals surface area contributed by atoms with Gasteiger partial charge in [0.25, 0.3) is 0 Å². The Morgan fingerprint density at radius 3 is 2.48 bits per heavy atom. The second-order valence-corrected chi connectivity index (χ2v) is 4.87. The normalized spacial score (nSPS) is 13.4. The third-order valence-corrected chi connectivity index (χ3v) is 3.55. The van der Waals surface area contributed by atoms with Crippen LogP contribution in [0.25, 0.3) is 0 Å². The lowest BCUT2D eigenvalue weighted by Crippen LogP contribution is -2.46. The Kier molecular flexibility index (Phi) is 5.06. The summed E-state index contributed by atoms with van der Waals surface area (Å²) < 4.78 is 5.28. The van der Waals surface area contributed by atoms with Crippen molar-refractivity contribution in [2.24, 2.45) is 5.73 Å². The monoisotopic (exact) mass is 284 g/mol. The van der Waals surface area contributed by atoms with Crippen LogP contribution in [0.3, 0.4) is 0 Å². The molecule has 4 heteroatoms. The molecule has 0 aliphatic rings. The van der Waals surface area contributed by atoms with Crippen LogP contribution >= 0.6 is 0 Å². The predicted octanol–water partition coefficient (Wildman–Crippen LogP) is 2.08. The van der Waals surface area contributed by atoms with E-state index in [4.69, 9.17) is 10.5 Å². The van der Waals surface area contributed by atoms with Gasteiger partial charge < -0.3 is 10.5 Å². The van der Waals surface area contributed by atoms with Crippen LogP contribution < -0.4 is 5.73 Å². The molecule has 0 saturated carbocycles. The highest BCUT2D eigenvalue weighted by atomic mass is 16.5. The van der Waals surface area contributed by atoms with Gasteiger partial charge in [-0.25, -0.2) is 0 Å². The van der Waals surface area contributed by atoms with Crippen molar-refractivity contribution in [1.82, 2.24) is 4.98 Å². The minimum atomic E-state index is -0.897. The number of nitrogens with zero attached hydrogens (tertiary/aromatic N) is 1. The topological polar surface area (TPSA) is 65.2 Å². The molecule has 1 unspecified atom stereocenters. The molecule has 0 spiro atoms. The average Bonchev–Trinajstić information content (AvgIpc) is 2.54. The minimum absolute atomic E-state index is 0.173. The van der Waals surface area contributed by atoms with Crippen molar-refractivity contribution in [2.75, 3.05) is 13.2 Å². The quantitative estimate of drug-likeness (QED) is 0.825. The number of hydrogen-bond donors (Lipinski definition) is 1. The summed E-state index contributed by atoms with van der Waals surface area (Å²) in [5, 5.41) is 0. The number of rotatable bonds is 6. The van der Waals surface area contributed by atoms with Gasteiger partial charge in [0.1, 0.15) is 5.41 Å². The lowest BCUT2D eigenvalue weighted by Gasteiger charge is -2.30. The largest absolute Gasteiger partial charge is 0.465 e. The third-order valence-electron chi connectivity index (χ3n) is 3.55. The molecule has 2 aromatic rings. The number of pyridine rings is 1. The SMILES string of the molecule is CCOC(=O)C(CN)(Cc1ccccn1)c1ccccc1. The Balaban J connectivity index is 2.44. The van der Waals surface area contributed by atoms with Crippen molar-refractivity contribution in [3.63, 3.8) is 0 Å². The Labute approximate surface area is 125 Å². The van der Waals surface area contributed by atoms with E-state index in [0.717, 1.165) is 11.3 Å². The summed E-state index contributed by atoms with van der Waals surface area (Å²) in [6, 6.07) is 15.2. The van der Waals surface area contributed by atoms with Crippen molar-refractivity contribution in [3.8, 4) is 0 Å². The maximum atomic E-state index is 12.6. The zero-order valence-electron chi connectivity index (χ0n) is 12.2. The molecule has 0 saturated heterocycles. The van der Waals surface area contributed by atoms with E-state index in [0.29, 0.717) is 13.0 Å². The number of benzene rings is 1. The van der Waals surface area contributed by atoms with Gasteiger partial charge in [-0.2, -0.15) is 0 Å². The Morgan fingerprint density at radius 1 is 1.19 bits per heavy atom. The molecule has 1 atom stereocenters. The number of nitrogens with two attached hydrogens (primary N) is 1. The van der Waals surface area contributed by atoms with E-state index in [1.54, 1.807) is 13.1 Å². The average molecular weight is 284 g/mol. The van der Waals surface area contributed by atoms with Crippen LogP contribution in [0.5, 0.6) is 0 Å². The van der Waals surface area contributed by atoms with E-state index in [1.807, 2.05) is 48.5 Å². The number of aromatic nitrogens is 1. The molecule has 1 aromatic heterocycles. The standard InChI is InChI=1S/C17H20N2O2/c1-2-21-16(20)17(13-18,14-8-4-3-5-9-14)12-15-10-6-7-11-19-15/h3-11H,2,12-13,18H2,1H3. The molecular weight excluding hydrogens is 264 g/mol. The van der Waals surface area contributed by atoms with Gasteiger partial charge in [-0.05, 0) is 24.6 Å². The molecule has 1 aromatic carbocycles. The van der Waals surface area contributed by atoms with Crippen LogP contribution in [0.4, 0.5) is 0 Å². The summed E-state index contributed by atoms with van der Waals surface area (Å²) >= 11 is 0. The second-order valence-electron chi connectivity index (χ2n) is 4.87. The first kappa shape index (κ1) is 15.2. The molecular formula is C17H20N2O2. The molecule has 2 rings (SSSR count). The van der Waals surface area contributed by atoms with Gasteiger partial charge in [0.2, 0.25) is 0 Å². The fourth-order valence-electron chi connectivity index (χ4n) is 2.40. The van der Waals surface area contributed by atoms with E-state index >= 15 is 0 Å². The van der Waals surface area contributed by atoms with Gasteiger partial charge in [0.15, 0.2) is 0 Å². The van der Waals surface area contributed by atoms with Crippen molar-refractivity contribution in [2.45, 2.75) is 18.8 Å². The van der Waals surface area contributed by atoms with Crippen molar-refractivity contribution >= 4 is 5.97 Å². The van der Waals surface area contributed by atoms with Gasteiger partial charge in [-0.1, -0.05) is 36.4 Å². The minimum Gasteiger partial charge on any atom is -0.465 e. The summed E-state index contributed by atoms with van der Waals surface area (Å²) in [5.41, 5.74) is 6.77. The van der Waals surface area contributed by atoms with Gasteiger partial charge >= 0.3 is 5.97 Å². The highest BCUT2D eigenvalue weighted by molar-refractivity contribution is 5.84. The van der Waals surface area contributed by atoms with E-state index in [-0.39, 0.29) is 12.5 Å². The Hall–Kier alpha value is -2.20.